The Bertz CT molecular complexity index is 3370. The fraction of sp³-hybridized carbons (Fsp3) is 0.0517. The minimum absolute atomic E-state index is 0.668. The maximum atomic E-state index is 6.72. The van der Waals surface area contributed by atoms with Crippen LogP contribution in [-0.2, 0) is 5.41 Å². The number of pyridine rings is 1. The predicted octanol–water partition coefficient (Wildman–Crippen LogP) is 14.4. The summed E-state index contributed by atoms with van der Waals surface area (Å²) in [5.41, 5.74) is 18.2. The molecule has 0 amide bonds. The summed E-state index contributed by atoms with van der Waals surface area (Å²) in [5, 5.41) is 2.36. The van der Waals surface area contributed by atoms with E-state index >= 15 is 0 Å². The highest BCUT2D eigenvalue weighted by Crippen LogP contribution is 2.63. The Hall–Kier alpha value is -7.95. The number of ether oxygens (including phenoxy) is 1. The second-order valence-corrected chi connectivity index (χ2v) is 16.4. The monoisotopic (exact) mass is 793 g/mol. The molecule has 1 aliphatic heterocycles. The number of rotatable bonds is 5. The van der Waals surface area contributed by atoms with Gasteiger partial charge in [0, 0.05) is 45.4 Å². The van der Waals surface area contributed by atoms with Crippen molar-refractivity contribution in [2.45, 2.75) is 19.3 Å². The van der Waals surface area contributed by atoms with E-state index in [1.807, 2.05) is 13.1 Å². The van der Waals surface area contributed by atoms with Gasteiger partial charge in [-0.2, -0.15) is 0 Å². The van der Waals surface area contributed by atoms with Gasteiger partial charge in [0.25, 0.3) is 0 Å². The minimum atomic E-state index is -0.668. The first kappa shape index (κ1) is 35.9. The fourth-order valence-corrected chi connectivity index (χ4v) is 9.99. The number of aryl methyl sites for hydroxylation is 2. The predicted molar refractivity (Wildman–Crippen MR) is 251 cm³/mol. The zero-order valence-corrected chi connectivity index (χ0v) is 34.3. The first-order valence-corrected chi connectivity index (χ1v) is 21.2. The fourth-order valence-electron chi connectivity index (χ4n) is 9.99. The molecule has 12 rings (SSSR count). The average molecular weight is 794 g/mol. The van der Waals surface area contributed by atoms with Gasteiger partial charge in [-0.1, -0.05) is 152 Å². The van der Waals surface area contributed by atoms with Crippen LogP contribution in [0.4, 0.5) is 0 Å². The molecule has 10 aromatic rings. The number of benzene rings is 8. The van der Waals surface area contributed by atoms with Gasteiger partial charge in [-0.3, -0.25) is 4.98 Å². The van der Waals surface area contributed by atoms with Crippen molar-refractivity contribution in [2.75, 3.05) is 0 Å². The van der Waals surface area contributed by atoms with E-state index in [0.717, 1.165) is 78.7 Å². The molecule has 2 aromatic heterocycles. The van der Waals surface area contributed by atoms with Gasteiger partial charge in [-0.15, -0.1) is 0 Å². The third kappa shape index (κ3) is 5.57. The maximum Gasteiger partial charge on any atom is 0.160 e. The summed E-state index contributed by atoms with van der Waals surface area (Å²) in [5.74, 6) is 2.42. The molecule has 0 atom stereocenters. The Morgan fingerprint density at radius 2 is 1.02 bits per heavy atom. The average Bonchev–Trinajstić information content (AvgIpc) is 3.61. The van der Waals surface area contributed by atoms with Crippen LogP contribution in [0.25, 0.3) is 77.9 Å². The summed E-state index contributed by atoms with van der Waals surface area (Å²) >= 11 is 0. The number of hydrogen-bond acceptors (Lipinski definition) is 4. The summed E-state index contributed by atoms with van der Waals surface area (Å²) < 4.78 is 6.72. The number of nitrogens with zero attached hydrogens (tertiary/aromatic N) is 3. The van der Waals surface area contributed by atoms with Crippen molar-refractivity contribution in [1.29, 1.82) is 0 Å². The Balaban J connectivity index is 1.07. The molecular formula is C58H39N3O. The number of para-hydroxylation sites is 2. The van der Waals surface area contributed by atoms with Crippen molar-refractivity contribution < 1.29 is 4.74 Å². The molecule has 1 aliphatic carbocycles. The van der Waals surface area contributed by atoms with Gasteiger partial charge in [0.05, 0.1) is 11.1 Å². The normalized spacial score (nSPS) is 12.9. The van der Waals surface area contributed by atoms with Crippen LogP contribution in [0.15, 0.2) is 200 Å². The molecule has 0 fully saturated rings. The van der Waals surface area contributed by atoms with Crippen molar-refractivity contribution in [3.63, 3.8) is 0 Å². The number of aromatic nitrogens is 3. The van der Waals surface area contributed by atoms with Crippen LogP contribution >= 0.6 is 0 Å². The lowest BCUT2D eigenvalue weighted by Crippen LogP contribution is -2.32. The molecular weight excluding hydrogens is 755 g/mol. The largest absolute Gasteiger partial charge is 0.457 e. The van der Waals surface area contributed by atoms with E-state index in [2.05, 4.69) is 206 Å². The molecule has 0 N–H and O–H groups in total. The molecule has 0 unspecified atom stereocenters. The Kier molecular flexibility index (Phi) is 8.16. The number of fused-ring (bicyclic) bond motifs is 10. The van der Waals surface area contributed by atoms with Crippen molar-refractivity contribution in [3.05, 3.63) is 234 Å². The van der Waals surface area contributed by atoms with Crippen molar-refractivity contribution in [1.82, 2.24) is 15.0 Å². The lowest BCUT2D eigenvalue weighted by atomic mass is 9.66. The van der Waals surface area contributed by atoms with Gasteiger partial charge >= 0.3 is 0 Å². The summed E-state index contributed by atoms with van der Waals surface area (Å²) in [6, 6.07) is 69.7. The Morgan fingerprint density at radius 3 is 1.79 bits per heavy atom. The molecule has 4 heteroatoms. The van der Waals surface area contributed by atoms with Crippen LogP contribution < -0.4 is 4.74 Å². The summed E-state index contributed by atoms with van der Waals surface area (Å²) in [7, 11) is 0. The number of hydrogen-bond donors (Lipinski definition) is 0. The second kappa shape index (κ2) is 14.1. The molecule has 1 spiro atoms. The first-order valence-electron chi connectivity index (χ1n) is 21.2. The molecule has 0 saturated carbocycles. The van der Waals surface area contributed by atoms with Crippen molar-refractivity contribution >= 4 is 10.8 Å². The van der Waals surface area contributed by atoms with E-state index < -0.39 is 5.41 Å². The smallest absolute Gasteiger partial charge is 0.160 e. The molecule has 0 bridgehead atoms. The molecule has 2 aliphatic rings. The van der Waals surface area contributed by atoms with Crippen LogP contribution in [0, 0.1) is 13.8 Å². The third-order valence-electron chi connectivity index (χ3n) is 12.8. The lowest BCUT2D eigenvalue weighted by Gasteiger charge is -2.39. The second-order valence-electron chi connectivity index (χ2n) is 16.4. The van der Waals surface area contributed by atoms with Crippen LogP contribution in [0.3, 0.4) is 0 Å². The molecule has 4 nitrogen and oxygen atoms in total. The molecule has 3 heterocycles. The van der Waals surface area contributed by atoms with Crippen LogP contribution in [0.5, 0.6) is 11.5 Å². The van der Waals surface area contributed by atoms with Gasteiger partial charge in [0.2, 0.25) is 0 Å². The molecule has 8 aromatic carbocycles. The first-order chi connectivity index (χ1) is 30.5. The quantitative estimate of drug-likeness (QED) is 0.174. The van der Waals surface area contributed by atoms with Crippen molar-refractivity contribution in [3.8, 4) is 78.7 Å². The Morgan fingerprint density at radius 1 is 0.403 bits per heavy atom. The highest BCUT2D eigenvalue weighted by atomic mass is 16.5. The van der Waals surface area contributed by atoms with E-state index in [4.69, 9.17) is 14.7 Å². The van der Waals surface area contributed by atoms with Gasteiger partial charge in [-0.05, 0) is 117 Å². The zero-order valence-electron chi connectivity index (χ0n) is 34.3. The van der Waals surface area contributed by atoms with Crippen LogP contribution in [-0.4, -0.2) is 15.0 Å². The minimum Gasteiger partial charge on any atom is -0.457 e. The van der Waals surface area contributed by atoms with E-state index in [9.17, 15) is 0 Å². The molecule has 292 valence electrons. The third-order valence-corrected chi connectivity index (χ3v) is 12.8. The van der Waals surface area contributed by atoms with Crippen LogP contribution in [0.1, 0.15) is 33.6 Å². The van der Waals surface area contributed by atoms with Gasteiger partial charge in [0.1, 0.15) is 11.5 Å². The highest BCUT2D eigenvalue weighted by Gasteiger charge is 2.51. The summed E-state index contributed by atoms with van der Waals surface area (Å²) in [6.45, 7) is 4.08. The topological polar surface area (TPSA) is 47.9 Å². The van der Waals surface area contributed by atoms with Gasteiger partial charge in [0.15, 0.2) is 5.82 Å². The summed E-state index contributed by atoms with van der Waals surface area (Å²) in [6.07, 6.45) is 1.96. The summed E-state index contributed by atoms with van der Waals surface area (Å²) in [4.78, 5) is 15.0. The van der Waals surface area contributed by atoms with Gasteiger partial charge < -0.3 is 4.74 Å². The highest BCUT2D eigenvalue weighted by molar-refractivity contribution is 5.99. The SMILES string of the molecule is Cc1ccc(-c2cccc(-c3cccc(-c4cccc5c4-c4ccc(-c6nc(C)cc(-c7cccc8ccccc78)n6)cc4C54c5ccccc5Oc5ccccc54)c3)c2)cn1. The maximum absolute atomic E-state index is 6.72. The van der Waals surface area contributed by atoms with E-state index in [1.54, 1.807) is 0 Å². The van der Waals surface area contributed by atoms with Crippen molar-refractivity contribution in [2.24, 2.45) is 0 Å². The van der Waals surface area contributed by atoms with E-state index in [0.29, 0.717) is 5.82 Å². The van der Waals surface area contributed by atoms with E-state index in [-0.39, 0.29) is 0 Å². The lowest BCUT2D eigenvalue weighted by molar-refractivity contribution is 0.436. The van der Waals surface area contributed by atoms with Gasteiger partial charge in [-0.25, -0.2) is 9.97 Å². The molecule has 62 heavy (non-hydrogen) atoms. The zero-order chi connectivity index (χ0) is 41.4. The molecule has 0 radical (unpaired) electrons. The molecule has 0 saturated heterocycles. The Labute approximate surface area is 360 Å². The van der Waals surface area contributed by atoms with E-state index in [1.165, 1.54) is 38.6 Å². The standard InChI is InChI=1S/C58H39N3O/c1-36-27-28-44(35-59-36)41-17-9-15-39(32-41)40-16-10-18-42(33-40)46-20-12-24-51-56(46)48-30-29-43(57-60-37(2)31-53(61-57)47-21-11-14-38-13-3-4-19-45(38)47)34-52(48)58(51)49-22-5-7-25-54(49)62-55-26-8-6-23-50(55)58/h3-35H,1-2H3. The van der Waals surface area contributed by atoms with Crippen LogP contribution in [0.2, 0.25) is 0 Å².